The molecular formula is C20H19Br2N. The van der Waals surface area contributed by atoms with Crippen molar-refractivity contribution in [1.29, 1.82) is 0 Å². The first-order valence-electron chi connectivity index (χ1n) is 8.03. The molecule has 0 aliphatic carbocycles. The van der Waals surface area contributed by atoms with Crippen molar-refractivity contribution in [3.63, 3.8) is 0 Å². The molecule has 0 radical (unpaired) electrons. The van der Waals surface area contributed by atoms with Gasteiger partial charge in [-0.25, -0.2) is 4.98 Å². The molecule has 23 heavy (non-hydrogen) atoms. The summed E-state index contributed by atoms with van der Waals surface area (Å²) in [6.07, 6.45) is 4.76. The number of nitrogens with zero attached hydrogens (tertiary/aromatic N) is 1. The molecule has 0 atom stereocenters. The lowest BCUT2D eigenvalue weighted by Crippen LogP contribution is -1.96. The zero-order valence-electron chi connectivity index (χ0n) is 13.2. The van der Waals surface area contributed by atoms with Gasteiger partial charge in [0.1, 0.15) is 0 Å². The van der Waals surface area contributed by atoms with E-state index in [4.69, 9.17) is 4.98 Å². The van der Waals surface area contributed by atoms with Gasteiger partial charge < -0.3 is 0 Å². The van der Waals surface area contributed by atoms with Crippen molar-refractivity contribution in [3.8, 4) is 11.3 Å². The fourth-order valence-corrected chi connectivity index (χ4v) is 3.68. The maximum Gasteiger partial charge on any atom is 0.0753 e. The first kappa shape index (κ1) is 16.7. The topological polar surface area (TPSA) is 12.9 Å². The van der Waals surface area contributed by atoms with E-state index in [2.05, 4.69) is 81.2 Å². The quantitative estimate of drug-likeness (QED) is 0.389. The third-order valence-electron chi connectivity index (χ3n) is 4.03. The van der Waals surface area contributed by atoms with E-state index < -0.39 is 0 Å². The largest absolute Gasteiger partial charge is 0.247 e. The average Bonchev–Trinajstić information content (AvgIpc) is 2.55. The van der Waals surface area contributed by atoms with Crippen LogP contribution in [0.5, 0.6) is 0 Å². The third kappa shape index (κ3) is 3.84. The number of hydrogen-bond acceptors (Lipinski definition) is 1. The molecule has 0 N–H and O–H groups in total. The second-order valence-corrected chi connectivity index (χ2v) is 7.54. The summed E-state index contributed by atoms with van der Waals surface area (Å²) in [4.78, 5) is 4.98. The molecule has 0 unspecified atom stereocenters. The lowest BCUT2D eigenvalue weighted by atomic mass is 9.99. The van der Waals surface area contributed by atoms with Crippen LogP contribution in [-0.2, 0) is 6.42 Å². The lowest BCUT2D eigenvalue weighted by molar-refractivity contribution is 0.717. The zero-order valence-corrected chi connectivity index (χ0v) is 16.3. The van der Waals surface area contributed by atoms with E-state index in [0.29, 0.717) is 0 Å². The van der Waals surface area contributed by atoms with Crippen molar-refractivity contribution in [2.75, 3.05) is 0 Å². The van der Waals surface area contributed by atoms with Gasteiger partial charge >= 0.3 is 0 Å². The number of halogens is 2. The number of rotatable bonds is 5. The summed E-state index contributed by atoms with van der Waals surface area (Å²) >= 11 is 7.24. The average molecular weight is 433 g/mol. The molecular weight excluding hydrogens is 414 g/mol. The van der Waals surface area contributed by atoms with E-state index in [-0.39, 0.29) is 0 Å². The summed E-state index contributed by atoms with van der Waals surface area (Å²) in [6.45, 7) is 2.24. The van der Waals surface area contributed by atoms with E-state index in [0.717, 1.165) is 26.6 Å². The van der Waals surface area contributed by atoms with Crippen molar-refractivity contribution in [3.05, 3.63) is 63.0 Å². The molecule has 0 aliphatic heterocycles. The smallest absolute Gasteiger partial charge is 0.0753 e. The molecule has 3 aromatic rings. The highest BCUT2D eigenvalue weighted by molar-refractivity contribution is 9.10. The predicted molar refractivity (Wildman–Crippen MR) is 106 cm³/mol. The second kappa shape index (κ2) is 7.59. The summed E-state index contributed by atoms with van der Waals surface area (Å²) < 4.78 is 2.20. The minimum absolute atomic E-state index is 1.04. The Morgan fingerprint density at radius 2 is 1.78 bits per heavy atom. The molecule has 0 aliphatic rings. The van der Waals surface area contributed by atoms with Gasteiger partial charge in [-0.05, 0) is 48.7 Å². The molecule has 3 rings (SSSR count). The fraction of sp³-hybridized carbons (Fsp3) is 0.250. The molecule has 1 nitrogen and oxygen atoms in total. The van der Waals surface area contributed by atoms with Gasteiger partial charge in [0, 0.05) is 19.9 Å². The van der Waals surface area contributed by atoms with Gasteiger partial charge in [-0.1, -0.05) is 69.8 Å². The Kier molecular flexibility index (Phi) is 5.50. The molecule has 1 heterocycles. The van der Waals surface area contributed by atoms with Gasteiger partial charge in [0.2, 0.25) is 0 Å². The van der Waals surface area contributed by atoms with Crippen LogP contribution in [0.4, 0.5) is 0 Å². The number of aromatic nitrogens is 1. The normalized spacial score (nSPS) is 11.1. The van der Waals surface area contributed by atoms with E-state index >= 15 is 0 Å². The SMILES string of the molecule is CCCCCc1cc2cc(Br)ccc2nc1-c1ccccc1Br. The third-order valence-corrected chi connectivity index (χ3v) is 5.22. The summed E-state index contributed by atoms with van der Waals surface area (Å²) in [5.41, 5.74) is 4.64. The Labute approximate surface area is 154 Å². The zero-order chi connectivity index (χ0) is 16.2. The van der Waals surface area contributed by atoms with Gasteiger partial charge in [-0.15, -0.1) is 0 Å². The highest BCUT2D eigenvalue weighted by atomic mass is 79.9. The molecule has 0 saturated heterocycles. The van der Waals surface area contributed by atoms with Crippen molar-refractivity contribution in [1.82, 2.24) is 4.98 Å². The number of aryl methyl sites for hydroxylation is 1. The Morgan fingerprint density at radius 3 is 2.57 bits per heavy atom. The molecule has 3 heteroatoms. The minimum atomic E-state index is 1.04. The Hall–Kier alpha value is -1.19. The maximum absolute atomic E-state index is 4.98. The monoisotopic (exact) mass is 431 g/mol. The molecule has 1 aromatic heterocycles. The first-order chi connectivity index (χ1) is 11.2. The summed E-state index contributed by atoms with van der Waals surface area (Å²) in [5.74, 6) is 0. The Morgan fingerprint density at radius 1 is 0.957 bits per heavy atom. The molecule has 0 saturated carbocycles. The molecule has 118 valence electrons. The van der Waals surface area contributed by atoms with Crippen LogP contribution in [0.25, 0.3) is 22.2 Å². The Bertz CT molecular complexity index is 827. The van der Waals surface area contributed by atoms with Gasteiger partial charge in [0.25, 0.3) is 0 Å². The van der Waals surface area contributed by atoms with Gasteiger partial charge in [0.05, 0.1) is 11.2 Å². The summed E-state index contributed by atoms with van der Waals surface area (Å²) in [6, 6.07) is 16.9. The highest BCUT2D eigenvalue weighted by Crippen LogP contribution is 2.32. The summed E-state index contributed by atoms with van der Waals surface area (Å²) in [7, 11) is 0. The Balaban J connectivity index is 2.14. The van der Waals surface area contributed by atoms with E-state index in [1.807, 2.05) is 6.07 Å². The van der Waals surface area contributed by atoms with E-state index in [1.54, 1.807) is 0 Å². The maximum atomic E-state index is 4.98. The van der Waals surface area contributed by atoms with Crippen molar-refractivity contribution >= 4 is 42.8 Å². The molecule has 0 bridgehead atoms. The highest BCUT2D eigenvalue weighted by Gasteiger charge is 2.12. The standard InChI is InChI=1S/C20H19Br2N/c1-2-3-4-7-14-12-15-13-16(21)10-11-19(15)23-20(14)17-8-5-6-9-18(17)22/h5-6,8-13H,2-4,7H2,1H3. The van der Waals surface area contributed by atoms with Crippen molar-refractivity contribution < 1.29 is 0 Å². The van der Waals surface area contributed by atoms with E-state index in [9.17, 15) is 0 Å². The predicted octanol–water partition coefficient (Wildman–Crippen LogP) is 7.16. The number of pyridine rings is 1. The van der Waals surface area contributed by atoms with Crippen LogP contribution >= 0.6 is 31.9 Å². The summed E-state index contributed by atoms with van der Waals surface area (Å²) in [5, 5.41) is 1.20. The number of fused-ring (bicyclic) bond motifs is 1. The van der Waals surface area contributed by atoms with Crippen molar-refractivity contribution in [2.45, 2.75) is 32.6 Å². The minimum Gasteiger partial charge on any atom is -0.247 e. The van der Waals surface area contributed by atoms with Crippen LogP contribution in [0.15, 0.2) is 57.5 Å². The first-order valence-corrected chi connectivity index (χ1v) is 9.61. The van der Waals surface area contributed by atoms with Gasteiger partial charge in [0.15, 0.2) is 0 Å². The van der Waals surface area contributed by atoms with Crippen LogP contribution < -0.4 is 0 Å². The van der Waals surface area contributed by atoms with Crippen LogP contribution in [-0.4, -0.2) is 4.98 Å². The van der Waals surface area contributed by atoms with Crippen LogP contribution in [0.3, 0.4) is 0 Å². The van der Waals surface area contributed by atoms with Crippen LogP contribution in [0.1, 0.15) is 31.7 Å². The van der Waals surface area contributed by atoms with Gasteiger partial charge in [-0.3, -0.25) is 0 Å². The second-order valence-electron chi connectivity index (χ2n) is 5.77. The fourth-order valence-electron chi connectivity index (χ4n) is 2.83. The van der Waals surface area contributed by atoms with Crippen LogP contribution in [0.2, 0.25) is 0 Å². The van der Waals surface area contributed by atoms with Crippen LogP contribution in [0, 0.1) is 0 Å². The number of hydrogen-bond donors (Lipinski definition) is 0. The lowest BCUT2D eigenvalue weighted by Gasteiger charge is -2.12. The van der Waals surface area contributed by atoms with Crippen molar-refractivity contribution in [2.24, 2.45) is 0 Å². The number of benzene rings is 2. The molecule has 0 amide bonds. The number of unbranched alkanes of at least 4 members (excludes halogenated alkanes) is 2. The molecule has 2 aromatic carbocycles. The van der Waals surface area contributed by atoms with E-state index in [1.165, 1.54) is 35.8 Å². The van der Waals surface area contributed by atoms with Gasteiger partial charge in [-0.2, -0.15) is 0 Å². The molecule has 0 spiro atoms. The molecule has 0 fully saturated rings.